The van der Waals surface area contributed by atoms with Crippen molar-refractivity contribution in [1.82, 2.24) is 5.32 Å². The number of aliphatic carboxylic acids is 2. The fourth-order valence-electron chi connectivity index (χ4n) is 1.33. The second-order valence-corrected chi connectivity index (χ2v) is 7.08. The predicted molar refractivity (Wildman–Crippen MR) is 86.0 cm³/mol. The normalized spacial score (nSPS) is 33.9. The van der Waals surface area contributed by atoms with Gasteiger partial charge in [0.2, 0.25) is 0 Å². The van der Waals surface area contributed by atoms with Gasteiger partial charge in [0.25, 0.3) is 0 Å². The summed E-state index contributed by atoms with van der Waals surface area (Å²) >= 11 is 35.3. The first kappa shape index (κ1) is 25.4. The second kappa shape index (κ2) is 12.5. The van der Waals surface area contributed by atoms with E-state index in [9.17, 15) is 9.59 Å². The van der Waals surface area contributed by atoms with Gasteiger partial charge >= 0.3 is 11.9 Å². The van der Waals surface area contributed by atoms with Gasteiger partial charge in [-0.25, -0.2) is 0 Å². The third kappa shape index (κ3) is 8.86. The fraction of sp³-hybridized carbons (Fsp3) is 0.800. The molecule has 0 atom stereocenters. The Morgan fingerprint density at radius 3 is 1.00 bits per heavy atom. The van der Waals surface area contributed by atoms with Crippen molar-refractivity contribution < 1.29 is 36.9 Å². The van der Waals surface area contributed by atoms with Crippen molar-refractivity contribution in [2.24, 2.45) is 0 Å². The third-order valence-corrected chi connectivity index (χ3v) is 6.41. The minimum absolute atomic E-state index is 0. The molecule has 0 aromatic carbocycles. The summed E-state index contributed by atoms with van der Waals surface area (Å²) in [6, 6.07) is 0. The number of carbonyl (C=O) groups is 2. The molecule has 0 bridgehead atoms. The van der Waals surface area contributed by atoms with Crippen LogP contribution in [0.2, 0.25) is 0 Å². The van der Waals surface area contributed by atoms with Gasteiger partial charge in [-0.15, -0.1) is 69.6 Å². The predicted octanol–water partition coefficient (Wildman–Crippen LogP) is 2.39. The molecule has 1 saturated carbocycles. The number of alkyl halides is 6. The molecule has 0 saturated heterocycles. The quantitative estimate of drug-likeness (QED) is 0.426. The van der Waals surface area contributed by atoms with E-state index in [1.165, 1.54) is 0 Å². The summed E-state index contributed by atoms with van der Waals surface area (Å²) < 4.78 is 0. The molecule has 3 N–H and O–H groups in total. The zero-order valence-electron chi connectivity index (χ0n) is 10.7. The van der Waals surface area contributed by atoms with E-state index in [-0.39, 0.29) is 30.2 Å². The van der Waals surface area contributed by atoms with Crippen LogP contribution in [0.3, 0.4) is 0 Å². The Morgan fingerprint density at radius 2 is 0.864 bits per heavy atom. The Balaban J connectivity index is 0. The Morgan fingerprint density at radius 1 is 0.682 bits per heavy atom. The third-order valence-electron chi connectivity index (χ3n) is 2.38. The number of carboxylic acids is 2. The van der Waals surface area contributed by atoms with Crippen LogP contribution in [0.1, 0.15) is 0 Å². The number of rotatable bonds is 4. The topological polar surface area (TPSA) is 86.6 Å². The molecule has 1 rings (SSSR count). The van der Waals surface area contributed by atoms with E-state index in [1.54, 1.807) is 0 Å². The molecule has 0 radical (unpaired) electrons. The van der Waals surface area contributed by atoms with E-state index in [0.29, 0.717) is 0 Å². The summed E-state index contributed by atoms with van der Waals surface area (Å²) in [5.74, 6) is -2.12. The molecule has 0 heterocycles. The fourth-order valence-corrected chi connectivity index (χ4v) is 3.66. The van der Waals surface area contributed by atoms with Crippen LogP contribution in [0.5, 0.6) is 0 Å². The average molecular weight is 480 g/mol. The molecule has 0 unspecified atom stereocenters. The van der Waals surface area contributed by atoms with Gasteiger partial charge < -0.3 is 10.2 Å². The molecule has 1 aliphatic carbocycles. The van der Waals surface area contributed by atoms with Crippen LogP contribution in [0.15, 0.2) is 0 Å². The first-order valence-electron chi connectivity index (χ1n) is 5.58. The van der Waals surface area contributed by atoms with E-state index in [0.717, 1.165) is 0 Å². The number of hydrogen-bond acceptors (Lipinski definition) is 3. The number of halogens is 6. The molecule has 12 heteroatoms. The van der Waals surface area contributed by atoms with Gasteiger partial charge in [-0.05, 0) is 0 Å². The maximum Gasteiger partial charge on any atom is 0.317 e. The average Bonchev–Trinajstić information content (AvgIpc) is 2.41. The largest absolute Gasteiger partial charge is 0.480 e. The van der Waals surface area contributed by atoms with Gasteiger partial charge in [-0.2, -0.15) is 0 Å². The van der Waals surface area contributed by atoms with Crippen molar-refractivity contribution in [3.63, 3.8) is 0 Å². The van der Waals surface area contributed by atoms with E-state index in [2.05, 4.69) is 5.32 Å². The molecular formula is C10H13Cl6FeNO4. The van der Waals surface area contributed by atoms with Gasteiger partial charge in [0.05, 0.1) is 45.4 Å². The molecular weight excluding hydrogens is 467 g/mol. The standard InChI is InChI=1S/C6H6Cl6.C4H7NO4.Fe/c7-1-2(8)4(10)6(12)5(11)3(1)9;6-3(7)1-5-2-4(8)9;/h1-6H;5H,1-2H2,(H,6,7)(H,8,9);. The van der Waals surface area contributed by atoms with Crippen LogP contribution in [-0.2, 0) is 26.7 Å². The summed E-state index contributed by atoms with van der Waals surface area (Å²) in [4.78, 5) is 19.5. The molecule has 0 aromatic rings. The Labute approximate surface area is 168 Å². The van der Waals surface area contributed by atoms with Crippen molar-refractivity contribution in [2.75, 3.05) is 13.1 Å². The molecule has 132 valence electrons. The smallest absolute Gasteiger partial charge is 0.317 e. The molecule has 0 aliphatic heterocycles. The van der Waals surface area contributed by atoms with Crippen LogP contribution in [0.25, 0.3) is 0 Å². The van der Waals surface area contributed by atoms with E-state index >= 15 is 0 Å². The summed E-state index contributed by atoms with van der Waals surface area (Å²) in [7, 11) is 0. The van der Waals surface area contributed by atoms with E-state index in [1.807, 2.05) is 0 Å². The second-order valence-electron chi connectivity index (χ2n) is 4.06. The number of nitrogens with one attached hydrogen (secondary N) is 1. The summed E-state index contributed by atoms with van der Waals surface area (Å²) in [5, 5.41) is 15.5. The maximum absolute atomic E-state index is 9.73. The number of hydrogen-bond donors (Lipinski definition) is 3. The minimum atomic E-state index is -1.06. The Kier molecular flexibility index (Phi) is 14.4. The first-order chi connectivity index (χ1) is 9.59. The summed E-state index contributed by atoms with van der Waals surface area (Å²) in [6.07, 6.45) is 0. The van der Waals surface area contributed by atoms with Crippen LogP contribution in [0, 0.1) is 0 Å². The molecule has 5 nitrogen and oxygen atoms in total. The van der Waals surface area contributed by atoms with E-state index < -0.39 is 44.2 Å². The van der Waals surface area contributed by atoms with Gasteiger partial charge in [0, 0.05) is 17.1 Å². The SMILES string of the molecule is ClC1C(Cl)C(Cl)C(Cl)C(Cl)C1Cl.O=C(O)CNCC(=O)O.[Fe]. The molecule has 0 aromatic heterocycles. The molecule has 1 fully saturated rings. The van der Waals surface area contributed by atoms with Crippen molar-refractivity contribution in [2.45, 2.75) is 32.3 Å². The van der Waals surface area contributed by atoms with Crippen LogP contribution >= 0.6 is 69.6 Å². The van der Waals surface area contributed by atoms with Gasteiger partial charge in [0.15, 0.2) is 0 Å². The Bertz CT molecular complexity index is 294. The zero-order chi connectivity index (χ0) is 16.7. The van der Waals surface area contributed by atoms with Gasteiger partial charge in [0.1, 0.15) is 0 Å². The molecule has 22 heavy (non-hydrogen) atoms. The monoisotopic (exact) mass is 477 g/mol. The van der Waals surface area contributed by atoms with Crippen LogP contribution in [-0.4, -0.2) is 67.5 Å². The first-order valence-corrected chi connectivity index (χ1v) is 8.20. The molecule has 0 spiro atoms. The minimum Gasteiger partial charge on any atom is -0.480 e. The van der Waals surface area contributed by atoms with Gasteiger partial charge in [-0.1, -0.05) is 0 Å². The Hall–Kier alpha value is 1.16. The van der Waals surface area contributed by atoms with E-state index in [4.69, 9.17) is 79.8 Å². The maximum atomic E-state index is 9.73. The molecule has 1 aliphatic rings. The van der Waals surface area contributed by atoms with Crippen LogP contribution in [0.4, 0.5) is 0 Å². The van der Waals surface area contributed by atoms with Crippen molar-refractivity contribution >= 4 is 81.5 Å². The van der Waals surface area contributed by atoms with Crippen molar-refractivity contribution in [1.29, 1.82) is 0 Å². The summed E-state index contributed by atoms with van der Waals surface area (Å²) in [6.45, 7) is -0.626. The zero-order valence-corrected chi connectivity index (χ0v) is 16.4. The van der Waals surface area contributed by atoms with Gasteiger partial charge in [-0.3, -0.25) is 14.9 Å². The van der Waals surface area contributed by atoms with Crippen molar-refractivity contribution in [3.8, 4) is 0 Å². The number of carboxylic acid groups (broad SMARTS) is 2. The summed E-state index contributed by atoms with van der Waals surface area (Å²) in [5.41, 5.74) is 0. The van der Waals surface area contributed by atoms with Crippen LogP contribution < -0.4 is 5.32 Å². The van der Waals surface area contributed by atoms with Crippen molar-refractivity contribution in [3.05, 3.63) is 0 Å². The molecule has 0 amide bonds.